The third-order valence-corrected chi connectivity index (χ3v) is 5.75. The van der Waals surface area contributed by atoms with Crippen molar-refractivity contribution in [1.29, 1.82) is 0 Å². The van der Waals surface area contributed by atoms with Crippen LogP contribution in [0.25, 0.3) is 0 Å². The second-order valence-corrected chi connectivity index (χ2v) is 8.99. The molecule has 0 radical (unpaired) electrons. The average Bonchev–Trinajstić information content (AvgIpc) is 3.34. The van der Waals surface area contributed by atoms with Crippen LogP contribution in [-0.2, 0) is 12.0 Å². The maximum Gasteiger partial charge on any atom is 0.191 e. The van der Waals surface area contributed by atoms with Crippen molar-refractivity contribution in [2.24, 2.45) is 4.99 Å². The molecule has 8 heteroatoms. The fraction of sp³-hybridized carbons (Fsp3) is 0.524. The molecule has 1 aromatic carbocycles. The van der Waals surface area contributed by atoms with Crippen LogP contribution in [0.15, 0.2) is 34.6 Å². The molecule has 1 fully saturated rings. The zero-order chi connectivity index (χ0) is 20.1. The van der Waals surface area contributed by atoms with Gasteiger partial charge in [0.2, 0.25) is 0 Å². The highest BCUT2D eigenvalue weighted by atomic mass is 127. The number of para-hydroxylation sites is 2. The molecule has 1 atom stereocenters. The Morgan fingerprint density at radius 1 is 1.34 bits per heavy atom. The Morgan fingerprint density at radius 2 is 2.10 bits per heavy atom. The molecule has 2 aromatic rings. The molecule has 1 aliphatic heterocycles. The molecule has 2 N–H and O–H groups in total. The Hall–Kier alpha value is -1.55. The largest absolute Gasteiger partial charge is 0.495 e. The van der Waals surface area contributed by atoms with Crippen molar-refractivity contribution in [1.82, 2.24) is 15.6 Å². The highest BCUT2D eigenvalue weighted by Crippen LogP contribution is 2.30. The molecule has 2 heterocycles. The van der Waals surface area contributed by atoms with Gasteiger partial charge in [-0.2, -0.15) is 0 Å². The van der Waals surface area contributed by atoms with Gasteiger partial charge in [-0.15, -0.1) is 35.3 Å². The molecule has 160 valence electrons. The lowest BCUT2D eigenvalue weighted by Crippen LogP contribution is -2.44. The molecule has 1 aliphatic rings. The average molecular weight is 529 g/mol. The number of benzene rings is 1. The Kier molecular flexibility index (Phi) is 8.57. The monoisotopic (exact) mass is 529 g/mol. The molecule has 29 heavy (non-hydrogen) atoms. The molecule has 0 amide bonds. The van der Waals surface area contributed by atoms with Crippen LogP contribution < -0.4 is 20.3 Å². The Morgan fingerprint density at radius 3 is 2.76 bits per heavy atom. The number of anilines is 1. The van der Waals surface area contributed by atoms with Crippen molar-refractivity contribution in [3.05, 3.63) is 40.3 Å². The molecular formula is C21H32IN5OS. The number of aliphatic imine (C=N–C) groups is 1. The molecule has 6 nitrogen and oxygen atoms in total. The molecule has 0 bridgehead atoms. The minimum Gasteiger partial charge on any atom is -0.495 e. The highest BCUT2D eigenvalue weighted by Gasteiger charge is 2.25. The normalized spacial score (nSPS) is 17.1. The van der Waals surface area contributed by atoms with Gasteiger partial charge in [-0.3, -0.25) is 4.99 Å². The number of aromatic nitrogens is 1. The first kappa shape index (κ1) is 23.7. The molecular weight excluding hydrogens is 497 g/mol. The predicted octanol–water partition coefficient (Wildman–Crippen LogP) is 4.01. The van der Waals surface area contributed by atoms with Crippen LogP contribution in [-0.4, -0.2) is 44.2 Å². The smallest absolute Gasteiger partial charge is 0.191 e. The number of ether oxygens (including phenoxy) is 1. The van der Waals surface area contributed by atoms with Gasteiger partial charge in [0, 0.05) is 37.0 Å². The number of nitrogens with zero attached hydrogens (tertiary/aromatic N) is 3. The van der Waals surface area contributed by atoms with E-state index in [1.165, 1.54) is 0 Å². The van der Waals surface area contributed by atoms with Crippen molar-refractivity contribution >= 4 is 47.0 Å². The third kappa shape index (κ3) is 6.21. The molecule has 3 rings (SSSR count). The molecule has 1 unspecified atom stereocenters. The fourth-order valence-corrected chi connectivity index (χ4v) is 4.23. The van der Waals surface area contributed by atoms with E-state index in [1.807, 2.05) is 19.2 Å². The number of methoxy groups -OCH3 is 1. The second-order valence-electron chi connectivity index (χ2n) is 8.05. The first-order valence-corrected chi connectivity index (χ1v) is 10.6. The minimum absolute atomic E-state index is 0. The highest BCUT2D eigenvalue weighted by molar-refractivity contribution is 14.0. The summed E-state index contributed by atoms with van der Waals surface area (Å²) in [5, 5.41) is 10.2. The number of hydrogen-bond donors (Lipinski definition) is 2. The van der Waals surface area contributed by atoms with Crippen molar-refractivity contribution in [2.45, 2.75) is 45.2 Å². The van der Waals surface area contributed by atoms with Crippen LogP contribution in [0.3, 0.4) is 0 Å². The summed E-state index contributed by atoms with van der Waals surface area (Å²) in [6, 6.07) is 8.53. The van der Waals surface area contributed by atoms with E-state index in [4.69, 9.17) is 9.72 Å². The van der Waals surface area contributed by atoms with Gasteiger partial charge >= 0.3 is 0 Å². The van der Waals surface area contributed by atoms with Crippen molar-refractivity contribution < 1.29 is 4.74 Å². The number of guanidine groups is 1. The number of rotatable bonds is 5. The van der Waals surface area contributed by atoms with Crippen LogP contribution in [0.2, 0.25) is 0 Å². The van der Waals surface area contributed by atoms with Gasteiger partial charge in [-0.25, -0.2) is 4.98 Å². The van der Waals surface area contributed by atoms with Gasteiger partial charge in [0.1, 0.15) is 10.8 Å². The molecule has 0 spiro atoms. The van der Waals surface area contributed by atoms with E-state index in [2.05, 4.69) is 58.8 Å². The zero-order valence-electron chi connectivity index (χ0n) is 17.9. The molecule has 1 aromatic heterocycles. The number of nitrogens with one attached hydrogen (secondary N) is 2. The van der Waals surface area contributed by atoms with Crippen molar-refractivity contribution in [3.8, 4) is 5.75 Å². The first-order valence-electron chi connectivity index (χ1n) is 9.70. The summed E-state index contributed by atoms with van der Waals surface area (Å²) in [4.78, 5) is 11.5. The van der Waals surface area contributed by atoms with Gasteiger partial charge in [0.05, 0.1) is 25.0 Å². The van der Waals surface area contributed by atoms with Gasteiger partial charge in [0.15, 0.2) is 5.96 Å². The summed E-state index contributed by atoms with van der Waals surface area (Å²) in [6.07, 6.45) is 1.06. The van der Waals surface area contributed by atoms with Gasteiger partial charge in [-0.05, 0) is 18.6 Å². The van der Waals surface area contributed by atoms with E-state index in [0.717, 1.165) is 47.6 Å². The molecule has 0 aliphatic carbocycles. The quantitative estimate of drug-likeness (QED) is 0.348. The summed E-state index contributed by atoms with van der Waals surface area (Å²) in [5.74, 6) is 1.74. The van der Waals surface area contributed by atoms with Gasteiger partial charge in [0.25, 0.3) is 0 Å². The number of thiazole rings is 1. The van der Waals surface area contributed by atoms with Gasteiger partial charge < -0.3 is 20.3 Å². The van der Waals surface area contributed by atoms with E-state index in [1.54, 1.807) is 18.4 Å². The summed E-state index contributed by atoms with van der Waals surface area (Å²) in [5.41, 5.74) is 2.37. The number of halogens is 1. The maximum absolute atomic E-state index is 5.50. The topological polar surface area (TPSA) is 61.8 Å². The number of hydrogen-bond acceptors (Lipinski definition) is 5. The lowest BCUT2D eigenvalue weighted by Gasteiger charge is -2.22. The maximum atomic E-state index is 5.50. The fourth-order valence-electron chi connectivity index (χ4n) is 3.27. The molecule has 1 saturated heterocycles. The van der Waals surface area contributed by atoms with E-state index in [-0.39, 0.29) is 29.4 Å². The van der Waals surface area contributed by atoms with Crippen LogP contribution >= 0.6 is 35.3 Å². The van der Waals surface area contributed by atoms with E-state index in [0.29, 0.717) is 12.6 Å². The lowest BCUT2D eigenvalue weighted by atomic mass is 9.93. The summed E-state index contributed by atoms with van der Waals surface area (Å²) >= 11 is 1.69. The zero-order valence-corrected chi connectivity index (χ0v) is 21.0. The summed E-state index contributed by atoms with van der Waals surface area (Å²) < 4.78 is 5.50. The first-order chi connectivity index (χ1) is 13.4. The van der Waals surface area contributed by atoms with E-state index < -0.39 is 0 Å². The van der Waals surface area contributed by atoms with Gasteiger partial charge in [-0.1, -0.05) is 32.9 Å². The van der Waals surface area contributed by atoms with Crippen LogP contribution in [0.5, 0.6) is 5.75 Å². The summed E-state index contributed by atoms with van der Waals surface area (Å²) in [6.45, 7) is 9.17. The van der Waals surface area contributed by atoms with E-state index >= 15 is 0 Å². The van der Waals surface area contributed by atoms with Crippen LogP contribution in [0.4, 0.5) is 5.69 Å². The standard InChI is InChI=1S/C21H31N5OS.HI/c1-21(2,3)18-14-28-19(25-18)12-23-20(22-4)24-15-10-11-26(13-15)16-8-6-7-9-17(16)27-5;/h6-9,14-15H,10-13H2,1-5H3,(H2,22,23,24);1H. The lowest BCUT2D eigenvalue weighted by molar-refractivity contribution is 0.415. The van der Waals surface area contributed by atoms with Crippen LogP contribution in [0, 0.1) is 0 Å². The second kappa shape index (κ2) is 10.5. The SMILES string of the molecule is CN=C(NCc1nc(C(C)(C)C)cs1)NC1CCN(c2ccccc2OC)C1.I. The Bertz CT molecular complexity index is 817. The van der Waals surface area contributed by atoms with Crippen LogP contribution in [0.1, 0.15) is 37.9 Å². The summed E-state index contributed by atoms with van der Waals surface area (Å²) in [7, 11) is 3.53. The predicted molar refractivity (Wildman–Crippen MR) is 133 cm³/mol. The Balaban J connectivity index is 0.00000300. The van der Waals surface area contributed by atoms with Crippen molar-refractivity contribution in [2.75, 3.05) is 32.1 Å². The van der Waals surface area contributed by atoms with E-state index in [9.17, 15) is 0 Å². The third-order valence-electron chi connectivity index (χ3n) is 4.91. The molecule has 0 saturated carbocycles. The Labute approximate surface area is 195 Å². The minimum atomic E-state index is 0. The van der Waals surface area contributed by atoms with Crippen molar-refractivity contribution in [3.63, 3.8) is 0 Å².